The number of hydrogen-bond donors (Lipinski definition) is 3. The normalized spacial score (nSPS) is 16.3. The zero-order valence-corrected chi connectivity index (χ0v) is 17.0. The molecule has 6 nitrogen and oxygen atoms in total. The first-order chi connectivity index (χ1) is 13.2. The molecule has 1 aromatic rings. The molecule has 0 bridgehead atoms. The van der Waals surface area contributed by atoms with Crippen molar-refractivity contribution in [2.24, 2.45) is 10.9 Å². The Labute approximate surface area is 163 Å². The highest BCUT2D eigenvalue weighted by atomic mass is 16.5. The maximum absolute atomic E-state index is 9.90. The van der Waals surface area contributed by atoms with Gasteiger partial charge < -0.3 is 25.2 Å². The zero-order valence-electron chi connectivity index (χ0n) is 17.0. The molecule has 1 aromatic carbocycles. The summed E-state index contributed by atoms with van der Waals surface area (Å²) in [6.45, 7) is 7.03. The van der Waals surface area contributed by atoms with Crippen LogP contribution in [-0.2, 0) is 11.3 Å². The molecule has 1 aliphatic rings. The number of phenols is 1. The van der Waals surface area contributed by atoms with Crippen LogP contribution >= 0.6 is 0 Å². The van der Waals surface area contributed by atoms with Crippen molar-refractivity contribution in [3.05, 3.63) is 23.8 Å². The number of rotatable bonds is 10. The minimum atomic E-state index is 0.138. The molecule has 0 saturated heterocycles. The molecule has 1 atom stereocenters. The first kappa shape index (κ1) is 21.4. The molecule has 0 aliphatic heterocycles. The van der Waals surface area contributed by atoms with Gasteiger partial charge in [-0.3, -0.25) is 0 Å². The highest BCUT2D eigenvalue weighted by Gasteiger charge is 2.25. The monoisotopic (exact) mass is 377 g/mol. The third-order valence-electron chi connectivity index (χ3n) is 5.03. The SMILES string of the molecule is CCNC(=NCc1ccc(OC)c(O)c1)NCCC(OCC)C1CCCC1. The van der Waals surface area contributed by atoms with Crippen molar-refractivity contribution >= 4 is 5.96 Å². The first-order valence-corrected chi connectivity index (χ1v) is 10.2. The Morgan fingerprint density at radius 1 is 1.26 bits per heavy atom. The Morgan fingerprint density at radius 3 is 2.67 bits per heavy atom. The largest absolute Gasteiger partial charge is 0.504 e. The van der Waals surface area contributed by atoms with Crippen molar-refractivity contribution in [2.45, 2.75) is 58.6 Å². The second kappa shape index (κ2) is 11.7. The summed E-state index contributed by atoms with van der Waals surface area (Å²) in [5.41, 5.74) is 0.934. The van der Waals surface area contributed by atoms with Gasteiger partial charge in [0, 0.05) is 19.7 Å². The molecule has 1 fully saturated rings. The van der Waals surface area contributed by atoms with Crippen LogP contribution in [-0.4, -0.2) is 44.0 Å². The number of phenolic OH excluding ortho intramolecular Hbond substituents is 1. The number of hydrogen-bond acceptors (Lipinski definition) is 4. The van der Waals surface area contributed by atoms with Gasteiger partial charge in [-0.1, -0.05) is 18.9 Å². The Balaban J connectivity index is 1.87. The van der Waals surface area contributed by atoms with Crippen LogP contribution < -0.4 is 15.4 Å². The molecule has 0 spiro atoms. The van der Waals surface area contributed by atoms with Gasteiger partial charge in [-0.15, -0.1) is 0 Å². The second-order valence-electron chi connectivity index (χ2n) is 6.96. The van der Waals surface area contributed by atoms with E-state index < -0.39 is 0 Å². The van der Waals surface area contributed by atoms with Crippen LogP contribution in [0.15, 0.2) is 23.2 Å². The van der Waals surface area contributed by atoms with Gasteiger partial charge in [0.25, 0.3) is 0 Å². The summed E-state index contributed by atoms with van der Waals surface area (Å²) in [5.74, 6) is 2.10. The van der Waals surface area contributed by atoms with E-state index >= 15 is 0 Å². The summed E-state index contributed by atoms with van der Waals surface area (Å²) in [4.78, 5) is 4.62. The maximum atomic E-state index is 9.90. The van der Waals surface area contributed by atoms with E-state index in [1.807, 2.05) is 6.07 Å². The van der Waals surface area contributed by atoms with Crippen LogP contribution in [0, 0.1) is 5.92 Å². The Kier molecular flexibility index (Phi) is 9.25. The van der Waals surface area contributed by atoms with Crippen LogP contribution in [0.3, 0.4) is 0 Å². The van der Waals surface area contributed by atoms with Gasteiger partial charge in [0.15, 0.2) is 17.5 Å². The van der Waals surface area contributed by atoms with Crippen molar-refractivity contribution in [1.29, 1.82) is 0 Å². The van der Waals surface area contributed by atoms with Gasteiger partial charge in [-0.25, -0.2) is 4.99 Å². The molecule has 3 N–H and O–H groups in total. The van der Waals surface area contributed by atoms with Gasteiger partial charge in [-0.2, -0.15) is 0 Å². The lowest BCUT2D eigenvalue weighted by molar-refractivity contribution is 0.0169. The van der Waals surface area contributed by atoms with E-state index in [2.05, 4.69) is 29.5 Å². The molecule has 0 heterocycles. The van der Waals surface area contributed by atoms with Crippen molar-refractivity contribution < 1.29 is 14.6 Å². The van der Waals surface area contributed by atoms with Gasteiger partial charge in [0.2, 0.25) is 0 Å². The molecule has 0 radical (unpaired) electrons. The standard InChI is InChI=1S/C21H35N3O3/c1-4-22-21(24-15-16-10-11-20(26-3)18(25)14-16)23-13-12-19(27-5-2)17-8-6-7-9-17/h10-11,14,17,19,25H,4-9,12-13,15H2,1-3H3,(H2,22,23,24). The highest BCUT2D eigenvalue weighted by molar-refractivity contribution is 5.79. The van der Waals surface area contributed by atoms with E-state index in [9.17, 15) is 5.11 Å². The molecular weight excluding hydrogens is 342 g/mol. The number of guanidine groups is 1. The first-order valence-electron chi connectivity index (χ1n) is 10.2. The summed E-state index contributed by atoms with van der Waals surface area (Å²) in [7, 11) is 1.54. The van der Waals surface area contributed by atoms with Gasteiger partial charge >= 0.3 is 0 Å². The molecule has 27 heavy (non-hydrogen) atoms. The fraction of sp³-hybridized carbons (Fsp3) is 0.667. The molecule has 1 unspecified atom stereocenters. The number of nitrogens with one attached hydrogen (secondary N) is 2. The van der Waals surface area contributed by atoms with Crippen LogP contribution in [0.25, 0.3) is 0 Å². The molecule has 0 amide bonds. The van der Waals surface area contributed by atoms with Gasteiger partial charge in [0.05, 0.1) is 19.8 Å². The highest BCUT2D eigenvalue weighted by Crippen LogP contribution is 2.30. The topological polar surface area (TPSA) is 75.1 Å². The fourth-order valence-corrected chi connectivity index (χ4v) is 3.68. The lowest BCUT2D eigenvalue weighted by atomic mass is 9.98. The number of methoxy groups -OCH3 is 1. The van der Waals surface area contributed by atoms with E-state index in [1.54, 1.807) is 19.2 Å². The lowest BCUT2D eigenvalue weighted by Gasteiger charge is -2.24. The summed E-state index contributed by atoms with van der Waals surface area (Å²) >= 11 is 0. The van der Waals surface area contributed by atoms with E-state index in [4.69, 9.17) is 9.47 Å². The zero-order chi connectivity index (χ0) is 19.5. The summed E-state index contributed by atoms with van der Waals surface area (Å²) < 4.78 is 11.1. The Morgan fingerprint density at radius 2 is 2.04 bits per heavy atom. The summed E-state index contributed by atoms with van der Waals surface area (Å²) in [6.07, 6.45) is 6.58. The van der Waals surface area contributed by atoms with Crippen LogP contribution in [0.1, 0.15) is 51.5 Å². The average Bonchev–Trinajstić information content (AvgIpc) is 3.20. The third-order valence-corrected chi connectivity index (χ3v) is 5.03. The molecular formula is C21H35N3O3. The van der Waals surface area contributed by atoms with Crippen molar-refractivity contribution in [3.8, 4) is 11.5 Å². The summed E-state index contributed by atoms with van der Waals surface area (Å²) in [5, 5.41) is 16.6. The van der Waals surface area contributed by atoms with E-state index in [-0.39, 0.29) is 5.75 Å². The minimum absolute atomic E-state index is 0.138. The predicted octanol–water partition coefficient (Wildman–Crippen LogP) is 3.44. The molecule has 0 aromatic heterocycles. The maximum Gasteiger partial charge on any atom is 0.191 e. The van der Waals surface area contributed by atoms with E-state index in [0.29, 0.717) is 24.3 Å². The van der Waals surface area contributed by atoms with Crippen molar-refractivity contribution in [2.75, 3.05) is 26.8 Å². The molecule has 6 heteroatoms. The smallest absolute Gasteiger partial charge is 0.191 e. The number of ether oxygens (including phenoxy) is 2. The average molecular weight is 378 g/mol. The van der Waals surface area contributed by atoms with Crippen molar-refractivity contribution in [1.82, 2.24) is 10.6 Å². The number of aliphatic imine (C=N–C) groups is 1. The number of benzene rings is 1. The quantitative estimate of drug-likeness (QED) is 0.430. The molecule has 1 saturated carbocycles. The third kappa shape index (κ3) is 6.94. The summed E-state index contributed by atoms with van der Waals surface area (Å²) in [6, 6.07) is 5.36. The van der Waals surface area contributed by atoms with Crippen LogP contribution in [0.4, 0.5) is 0 Å². The van der Waals surface area contributed by atoms with E-state index in [1.165, 1.54) is 25.7 Å². The molecule has 152 valence electrons. The van der Waals surface area contributed by atoms with Crippen molar-refractivity contribution in [3.63, 3.8) is 0 Å². The van der Waals surface area contributed by atoms with Crippen LogP contribution in [0.2, 0.25) is 0 Å². The fourth-order valence-electron chi connectivity index (χ4n) is 3.68. The molecule has 1 aliphatic carbocycles. The predicted molar refractivity (Wildman–Crippen MR) is 109 cm³/mol. The molecule has 2 rings (SSSR count). The van der Waals surface area contributed by atoms with Gasteiger partial charge in [-0.05, 0) is 56.7 Å². The second-order valence-corrected chi connectivity index (χ2v) is 6.96. The Hall–Kier alpha value is -1.95. The van der Waals surface area contributed by atoms with Gasteiger partial charge in [0.1, 0.15) is 0 Å². The Bertz CT molecular complexity index is 586. The lowest BCUT2D eigenvalue weighted by Crippen LogP contribution is -2.39. The van der Waals surface area contributed by atoms with Crippen LogP contribution in [0.5, 0.6) is 11.5 Å². The van der Waals surface area contributed by atoms with E-state index in [0.717, 1.165) is 37.6 Å². The minimum Gasteiger partial charge on any atom is -0.504 e. The number of aromatic hydroxyl groups is 1. The number of nitrogens with zero attached hydrogens (tertiary/aromatic N) is 1.